The van der Waals surface area contributed by atoms with Crippen LogP contribution in [-0.4, -0.2) is 26.2 Å². The number of aromatic nitrogens is 2. The van der Waals surface area contributed by atoms with E-state index in [-0.39, 0.29) is 16.3 Å². The molecule has 94 valence electrons. The van der Waals surface area contributed by atoms with Gasteiger partial charge >= 0.3 is 5.69 Å². The van der Waals surface area contributed by atoms with Gasteiger partial charge in [-0.05, 0) is 6.92 Å². The monoisotopic (exact) mass is 256 g/mol. The Balaban J connectivity index is 3.20. The van der Waals surface area contributed by atoms with Crippen LogP contribution in [0.15, 0.2) is 11.4 Å². The van der Waals surface area contributed by atoms with Crippen LogP contribution in [0.5, 0.6) is 0 Å². The second-order valence-corrected chi connectivity index (χ2v) is 6.19. The highest BCUT2D eigenvalue weighted by Gasteiger charge is 2.26. The Hall–Kier alpha value is -1.37. The van der Waals surface area contributed by atoms with Crippen molar-refractivity contribution >= 4 is 23.3 Å². The highest BCUT2D eigenvalue weighted by atomic mass is 32.2. The minimum Gasteiger partial charge on any atom is -0.364 e. The van der Waals surface area contributed by atoms with Crippen molar-refractivity contribution in [2.24, 2.45) is 0 Å². The van der Waals surface area contributed by atoms with E-state index in [1.165, 1.54) is 18.1 Å². The summed E-state index contributed by atoms with van der Waals surface area (Å²) in [7, 11) is 0. The van der Waals surface area contributed by atoms with Gasteiger partial charge in [-0.1, -0.05) is 32.5 Å². The molecule has 0 aromatic carbocycles. The van der Waals surface area contributed by atoms with Crippen LogP contribution >= 0.6 is 11.8 Å². The first-order valence-electron chi connectivity index (χ1n) is 5.27. The summed E-state index contributed by atoms with van der Waals surface area (Å²) in [5.74, 6) is 0.277. The Morgan fingerprint density at radius 1 is 1.47 bits per heavy atom. The minimum absolute atomic E-state index is 0.0470. The van der Waals surface area contributed by atoms with Crippen LogP contribution in [0.3, 0.4) is 0 Å². The molecule has 17 heavy (non-hydrogen) atoms. The molecular weight excluding hydrogens is 240 g/mol. The van der Waals surface area contributed by atoms with E-state index in [0.29, 0.717) is 11.6 Å². The van der Waals surface area contributed by atoms with Crippen molar-refractivity contribution < 1.29 is 4.92 Å². The fraction of sp³-hybridized carbons (Fsp3) is 0.600. The van der Waals surface area contributed by atoms with Crippen molar-refractivity contribution in [1.82, 2.24) is 9.97 Å². The summed E-state index contributed by atoms with van der Waals surface area (Å²) in [5, 5.41) is 14.3. The molecule has 0 aliphatic heterocycles. The first kappa shape index (κ1) is 13.7. The van der Waals surface area contributed by atoms with Gasteiger partial charge < -0.3 is 5.32 Å². The maximum absolute atomic E-state index is 11.1. The molecule has 0 amide bonds. The molecule has 1 heterocycles. The van der Waals surface area contributed by atoms with Gasteiger partial charge in [-0.15, -0.1) is 0 Å². The van der Waals surface area contributed by atoms with Crippen molar-refractivity contribution in [1.29, 1.82) is 0 Å². The van der Waals surface area contributed by atoms with Gasteiger partial charge in [0.1, 0.15) is 6.33 Å². The number of anilines is 1. The van der Waals surface area contributed by atoms with E-state index in [9.17, 15) is 10.1 Å². The number of nitro groups is 1. The van der Waals surface area contributed by atoms with Gasteiger partial charge in [0.15, 0.2) is 5.03 Å². The van der Waals surface area contributed by atoms with Crippen LogP contribution in [0.4, 0.5) is 11.5 Å². The maximum Gasteiger partial charge on any atom is 0.343 e. The molecule has 1 N–H and O–H groups in total. The quantitative estimate of drug-likeness (QED) is 0.386. The van der Waals surface area contributed by atoms with Gasteiger partial charge in [0.05, 0.1) is 4.92 Å². The number of rotatable bonds is 4. The first-order chi connectivity index (χ1) is 7.85. The molecular formula is C10H16N4O2S. The van der Waals surface area contributed by atoms with Crippen molar-refractivity contribution in [3.05, 3.63) is 16.4 Å². The lowest BCUT2D eigenvalue weighted by atomic mass is 10.3. The molecule has 0 unspecified atom stereocenters. The van der Waals surface area contributed by atoms with Crippen LogP contribution in [0.2, 0.25) is 0 Å². The molecule has 1 aromatic rings. The molecule has 0 fully saturated rings. The van der Waals surface area contributed by atoms with Crippen LogP contribution in [0.25, 0.3) is 0 Å². The highest BCUT2D eigenvalue weighted by Crippen LogP contribution is 2.38. The van der Waals surface area contributed by atoms with Crippen LogP contribution in [0.1, 0.15) is 27.7 Å². The Morgan fingerprint density at radius 2 is 2.12 bits per heavy atom. The van der Waals surface area contributed by atoms with Crippen LogP contribution in [-0.2, 0) is 0 Å². The van der Waals surface area contributed by atoms with E-state index in [2.05, 4.69) is 15.3 Å². The SMILES string of the molecule is CCNc1ncnc(SC(C)(C)C)c1[N+](=O)[O-]. The van der Waals surface area contributed by atoms with Gasteiger partial charge in [0.25, 0.3) is 0 Å². The highest BCUT2D eigenvalue weighted by molar-refractivity contribution is 8.00. The number of hydrogen-bond donors (Lipinski definition) is 1. The lowest BCUT2D eigenvalue weighted by Crippen LogP contribution is -2.11. The van der Waals surface area contributed by atoms with E-state index >= 15 is 0 Å². The number of nitrogens with one attached hydrogen (secondary N) is 1. The normalized spacial score (nSPS) is 11.3. The molecule has 0 spiro atoms. The van der Waals surface area contributed by atoms with Crippen molar-refractivity contribution in [3.8, 4) is 0 Å². The van der Waals surface area contributed by atoms with Gasteiger partial charge in [-0.25, -0.2) is 9.97 Å². The van der Waals surface area contributed by atoms with Crippen molar-refractivity contribution in [2.75, 3.05) is 11.9 Å². The summed E-state index contributed by atoms with van der Waals surface area (Å²) in [6.45, 7) is 8.39. The Morgan fingerprint density at radius 3 is 2.59 bits per heavy atom. The second kappa shape index (κ2) is 5.31. The average Bonchev–Trinajstić information content (AvgIpc) is 2.15. The Kier molecular flexibility index (Phi) is 4.28. The van der Waals surface area contributed by atoms with Crippen molar-refractivity contribution in [2.45, 2.75) is 37.5 Å². The molecule has 1 aromatic heterocycles. The zero-order valence-corrected chi connectivity index (χ0v) is 11.2. The fourth-order valence-electron chi connectivity index (χ4n) is 1.19. The van der Waals surface area contributed by atoms with E-state index in [0.717, 1.165) is 0 Å². The van der Waals surface area contributed by atoms with E-state index in [1.807, 2.05) is 27.7 Å². The number of nitrogens with zero attached hydrogens (tertiary/aromatic N) is 3. The summed E-state index contributed by atoms with van der Waals surface area (Å²) in [4.78, 5) is 18.5. The topological polar surface area (TPSA) is 81.0 Å². The number of hydrogen-bond acceptors (Lipinski definition) is 6. The lowest BCUT2D eigenvalue weighted by molar-refractivity contribution is -0.387. The third kappa shape index (κ3) is 3.85. The third-order valence-corrected chi connectivity index (χ3v) is 2.82. The summed E-state index contributed by atoms with van der Waals surface area (Å²) in [6.07, 6.45) is 1.35. The van der Waals surface area contributed by atoms with Gasteiger partial charge in [0, 0.05) is 11.3 Å². The third-order valence-electron chi connectivity index (χ3n) is 1.72. The van der Waals surface area contributed by atoms with E-state index in [1.54, 1.807) is 0 Å². The predicted molar refractivity (Wildman–Crippen MR) is 68.5 cm³/mol. The maximum atomic E-state index is 11.1. The zero-order chi connectivity index (χ0) is 13.1. The standard InChI is InChI=1S/C10H16N4O2S/c1-5-11-8-7(14(15)16)9(13-6-12-8)17-10(2,3)4/h6H,5H2,1-4H3,(H,11,12,13). The smallest absolute Gasteiger partial charge is 0.343 e. The molecule has 0 aliphatic rings. The fourth-order valence-corrected chi connectivity index (χ4v) is 2.14. The molecule has 1 rings (SSSR count). The molecule has 0 saturated heterocycles. The summed E-state index contributed by atoms with van der Waals surface area (Å²) < 4.78 is -0.136. The molecule has 0 aliphatic carbocycles. The Bertz CT molecular complexity index is 417. The molecule has 6 nitrogen and oxygen atoms in total. The van der Waals surface area contributed by atoms with E-state index < -0.39 is 4.92 Å². The van der Waals surface area contributed by atoms with E-state index in [4.69, 9.17) is 0 Å². The molecule has 0 atom stereocenters. The average molecular weight is 256 g/mol. The summed E-state index contributed by atoms with van der Waals surface area (Å²) in [5.41, 5.74) is -0.0470. The zero-order valence-electron chi connectivity index (χ0n) is 10.4. The lowest BCUT2D eigenvalue weighted by Gasteiger charge is -2.16. The van der Waals surface area contributed by atoms with Gasteiger partial charge in [-0.3, -0.25) is 10.1 Å². The van der Waals surface area contributed by atoms with Crippen molar-refractivity contribution in [3.63, 3.8) is 0 Å². The molecule has 7 heteroatoms. The summed E-state index contributed by atoms with van der Waals surface area (Å²) >= 11 is 1.36. The first-order valence-corrected chi connectivity index (χ1v) is 6.09. The molecule has 0 radical (unpaired) electrons. The largest absolute Gasteiger partial charge is 0.364 e. The van der Waals surface area contributed by atoms with Gasteiger partial charge in [0.2, 0.25) is 5.82 Å². The Labute approximate surface area is 104 Å². The predicted octanol–water partition coefficient (Wildman–Crippen LogP) is 2.71. The molecule has 0 bridgehead atoms. The minimum atomic E-state index is -0.438. The van der Waals surface area contributed by atoms with Crippen LogP contribution < -0.4 is 5.32 Å². The van der Waals surface area contributed by atoms with Gasteiger partial charge in [-0.2, -0.15) is 0 Å². The second-order valence-electron chi connectivity index (χ2n) is 4.38. The molecule has 0 saturated carbocycles. The number of thioether (sulfide) groups is 1. The van der Waals surface area contributed by atoms with Crippen LogP contribution in [0, 0.1) is 10.1 Å². The summed E-state index contributed by atoms with van der Waals surface area (Å²) in [6, 6.07) is 0.